The summed E-state index contributed by atoms with van der Waals surface area (Å²) in [6, 6.07) is 13.3. The number of fused-ring (bicyclic) bond motifs is 1. The number of carbonyl (C=O) groups is 1. The van der Waals surface area contributed by atoms with Crippen molar-refractivity contribution in [3.05, 3.63) is 64.2 Å². The lowest BCUT2D eigenvalue weighted by molar-refractivity contribution is -0.384. The van der Waals surface area contributed by atoms with E-state index in [0.717, 1.165) is 5.56 Å². The van der Waals surface area contributed by atoms with Crippen LogP contribution < -0.4 is 9.64 Å². The van der Waals surface area contributed by atoms with E-state index >= 15 is 0 Å². The van der Waals surface area contributed by atoms with Crippen molar-refractivity contribution in [1.82, 2.24) is 4.90 Å². The van der Waals surface area contributed by atoms with Crippen LogP contribution in [0.1, 0.15) is 10.9 Å². The zero-order chi connectivity index (χ0) is 19.1. The predicted octanol–water partition coefficient (Wildman–Crippen LogP) is 3.35. The fourth-order valence-electron chi connectivity index (χ4n) is 3.31. The fraction of sp³-hybridized carbons (Fsp3) is 0.222. The van der Waals surface area contributed by atoms with E-state index in [9.17, 15) is 14.9 Å². The third kappa shape index (κ3) is 2.92. The molecular weight excluding hydrogens is 386 g/mol. The molecule has 27 heavy (non-hydrogen) atoms. The van der Waals surface area contributed by atoms with Crippen LogP contribution in [0.5, 0.6) is 5.75 Å². The lowest BCUT2D eigenvalue weighted by atomic mass is 10.1. The second-order valence-electron chi connectivity index (χ2n) is 6.12. The summed E-state index contributed by atoms with van der Waals surface area (Å²) in [7, 11) is 1.58. The van der Waals surface area contributed by atoms with Crippen molar-refractivity contribution in [2.45, 2.75) is 11.4 Å². The molecular formula is C18H15N3O4S2. The number of benzene rings is 2. The van der Waals surface area contributed by atoms with Crippen LogP contribution in [0.15, 0.2) is 48.5 Å². The number of methoxy groups -OCH3 is 1. The lowest BCUT2D eigenvalue weighted by Crippen LogP contribution is -2.33. The number of ether oxygens (including phenoxy) is 1. The van der Waals surface area contributed by atoms with Crippen LogP contribution in [0.3, 0.4) is 0 Å². The van der Waals surface area contributed by atoms with Crippen molar-refractivity contribution < 1.29 is 14.5 Å². The maximum absolute atomic E-state index is 12.9. The van der Waals surface area contributed by atoms with Crippen LogP contribution in [-0.2, 0) is 4.79 Å². The third-order valence-electron chi connectivity index (χ3n) is 4.61. The predicted molar refractivity (Wildman–Crippen MR) is 107 cm³/mol. The van der Waals surface area contributed by atoms with E-state index in [-0.39, 0.29) is 23.0 Å². The number of thiocarbonyl (C=S) groups is 1. The summed E-state index contributed by atoms with van der Waals surface area (Å²) in [6.45, 7) is 0. The molecule has 2 aliphatic rings. The molecule has 1 amide bonds. The first-order chi connectivity index (χ1) is 13.0. The number of nitro benzene ring substituents is 1. The summed E-state index contributed by atoms with van der Waals surface area (Å²) in [4.78, 5) is 27.0. The Morgan fingerprint density at radius 2 is 2.00 bits per heavy atom. The van der Waals surface area contributed by atoms with Crippen molar-refractivity contribution in [1.29, 1.82) is 0 Å². The third-order valence-corrected chi connectivity index (χ3v) is 6.33. The van der Waals surface area contributed by atoms with E-state index in [4.69, 9.17) is 17.0 Å². The van der Waals surface area contributed by atoms with Crippen LogP contribution in [0.2, 0.25) is 0 Å². The van der Waals surface area contributed by atoms with Gasteiger partial charge in [-0.05, 0) is 42.0 Å². The molecule has 9 heteroatoms. The smallest absolute Gasteiger partial charge is 0.269 e. The van der Waals surface area contributed by atoms with Crippen molar-refractivity contribution in [3.8, 4) is 5.75 Å². The molecule has 0 aliphatic carbocycles. The molecule has 0 radical (unpaired) electrons. The van der Waals surface area contributed by atoms with Crippen LogP contribution in [0.25, 0.3) is 0 Å². The van der Waals surface area contributed by atoms with Crippen molar-refractivity contribution in [2.24, 2.45) is 0 Å². The largest absolute Gasteiger partial charge is 0.497 e. The van der Waals surface area contributed by atoms with Crippen molar-refractivity contribution in [3.63, 3.8) is 0 Å². The Morgan fingerprint density at radius 1 is 1.26 bits per heavy atom. The van der Waals surface area contributed by atoms with Gasteiger partial charge in [0.05, 0.1) is 17.7 Å². The van der Waals surface area contributed by atoms with Gasteiger partial charge in [0.15, 0.2) is 5.11 Å². The number of amides is 1. The second kappa shape index (κ2) is 6.82. The molecule has 0 spiro atoms. The van der Waals surface area contributed by atoms with Crippen molar-refractivity contribution in [2.75, 3.05) is 17.8 Å². The molecule has 7 nitrogen and oxygen atoms in total. The van der Waals surface area contributed by atoms with Gasteiger partial charge in [0.1, 0.15) is 17.2 Å². The van der Waals surface area contributed by atoms with Gasteiger partial charge < -0.3 is 9.64 Å². The average molecular weight is 401 g/mol. The molecule has 0 bridgehead atoms. The Hall–Kier alpha value is -2.65. The van der Waals surface area contributed by atoms with Gasteiger partial charge in [0.25, 0.3) is 11.6 Å². The number of carbonyl (C=O) groups excluding carboxylic acids is 1. The summed E-state index contributed by atoms with van der Waals surface area (Å²) in [5.41, 5.74) is 1.48. The standard InChI is InChI=1S/C18H15N3O4S2/c1-25-14-7-5-12(6-8-14)19-16(22)15-10-27-17(20(15)18(19)26)11-3-2-4-13(9-11)21(23)24/h2-9,15,17H,10H2,1H3/t15-,17+/m0/s1. The fourth-order valence-corrected chi connectivity index (χ4v) is 5.22. The Kier molecular flexibility index (Phi) is 4.48. The minimum atomic E-state index is -0.419. The Labute approximate surface area is 165 Å². The zero-order valence-corrected chi connectivity index (χ0v) is 15.9. The maximum Gasteiger partial charge on any atom is 0.269 e. The van der Waals surface area contributed by atoms with Gasteiger partial charge in [-0.15, -0.1) is 11.8 Å². The number of anilines is 1. The van der Waals surface area contributed by atoms with Gasteiger partial charge in [-0.25, -0.2) is 0 Å². The highest BCUT2D eigenvalue weighted by molar-refractivity contribution is 7.99. The van der Waals surface area contributed by atoms with Crippen LogP contribution in [0, 0.1) is 10.1 Å². The summed E-state index contributed by atoms with van der Waals surface area (Å²) in [5, 5.41) is 11.3. The minimum Gasteiger partial charge on any atom is -0.497 e. The van der Waals surface area contributed by atoms with E-state index in [1.807, 2.05) is 11.0 Å². The van der Waals surface area contributed by atoms with Crippen LogP contribution >= 0.6 is 24.0 Å². The summed E-state index contributed by atoms with van der Waals surface area (Å²) in [5.74, 6) is 1.20. The lowest BCUT2D eigenvalue weighted by Gasteiger charge is -2.25. The van der Waals surface area contributed by atoms with E-state index in [1.165, 1.54) is 11.0 Å². The number of non-ortho nitro benzene ring substituents is 1. The number of nitro groups is 1. The Balaban J connectivity index is 1.66. The molecule has 0 aromatic heterocycles. The molecule has 2 aliphatic heterocycles. The normalized spacial score (nSPS) is 21.5. The highest BCUT2D eigenvalue weighted by Gasteiger charge is 2.51. The molecule has 2 saturated heterocycles. The first kappa shape index (κ1) is 17.7. The first-order valence-corrected chi connectivity index (χ1v) is 9.63. The molecule has 0 N–H and O–H groups in total. The molecule has 4 rings (SSSR count). The van der Waals surface area contributed by atoms with Gasteiger partial charge in [-0.1, -0.05) is 12.1 Å². The molecule has 0 unspecified atom stereocenters. The van der Waals surface area contributed by atoms with Gasteiger partial charge in [-0.3, -0.25) is 19.8 Å². The number of thioether (sulfide) groups is 1. The number of hydrogen-bond donors (Lipinski definition) is 0. The van der Waals surface area contributed by atoms with Gasteiger partial charge in [0.2, 0.25) is 0 Å². The summed E-state index contributed by atoms with van der Waals surface area (Å²) in [6.07, 6.45) is 0. The molecule has 2 aromatic carbocycles. The zero-order valence-electron chi connectivity index (χ0n) is 14.3. The van der Waals surface area contributed by atoms with E-state index in [2.05, 4.69) is 0 Å². The molecule has 2 heterocycles. The second-order valence-corrected chi connectivity index (χ2v) is 7.59. The van der Waals surface area contributed by atoms with E-state index in [1.54, 1.807) is 55.3 Å². The molecule has 138 valence electrons. The summed E-state index contributed by atoms with van der Waals surface area (Å²) >= 11 is 7.18. The molecule has 2 fully saturated rings. The Bertz CT molecular complexity index is 934. The maximum atomic E-state index is 12.9. The van der Waals surface area contributed by atoms with Gasteiger partial charge in [0, 0.05) is 17.9 Å². The van der Waals surface area contributed by atoms with Crippen LogP contribution in [-0.4, -0.2) is 39.7 Å². The molecule has 0 saturated carbocycles. The minimum absolute atomic E-state index is 0.0278. The first-order valence-electron chi connectivity index (χ1n) is 8.17. The van der Waals surface area contributed by atoms with Gasteiger partial charge in [-0.2, -0.15) is 0 Å². The number of nitrogens with zero attached hydrogens (tertiary/aromatic N) is 3. The summed E-state index contributed by atoms with van der Waals surface area (Å²) < 4.78 is 5.16. The molecule has 2 aromatic rings. The molecule has 2 atom stereocenters. The SMILES string of the molecule is COc1ccc(N2C(=O)[C@@H]3CS[C@H](c4cccc([N+](=O)[O-])c4)N3C2=S)cc1. The topological polar surface area (TPSA) is 75.9 Å². The van der Waals surface area contributed by atoms with E-state index < -0.39 is 4.92 Å². The monoisotopic (exact) mass is 401 g/mol. The Morgan fingerprint density at radius 3 is 2.67 bits per heavy atom. The quantitative estimate of drug-likeness (QED) is 0.442. The highest BCUT2D eigenvalue weighted by atomic mass is 32.2. The van der Waals surface area contributed by atoms with Crippen molar-refractivity contribution >= 4 is 46.4 Å². The van der Waals surface area contributed by atoms with E-state index in [0.29, 0.717) is 22.3 Å². The highest BCUT2D eigenvalue weighted by Crippen LogP contribution is 2.46. The number of rotatable bonds is 4. The van der Waals surface area contributed by atoms with Crippen LogP contribution in [0.4, 0.5) is 11.4 Å². The van der Waals surface area contributed by atoms with Gasteiger partial charge >= 0.3 is 0 Å². The number of hydrogen-bond acceptors (Lipinski definition) is 6. The average Bonchev–Trinajstić information content (AvgIpc) is 3.22.